The summed E-state index contributed by atoms with van der Waals surface area (Å²) in [6.45, 7) is 5.71. The van der Waals surface area contributed by atoms with Crippen LogP contribution in [0, 0.1) is 0 Å². The number of amides is 1. The highest BCUT2D eigenvalue weighted by atomic mass is 16.1. The summed E-state index contributed by atoms with van der Waals surface area (Å²) in [4.78, 5) is 11.0. The fraction of sp³-hybridized carbons (Fsp3) is 0.636. The molecule has 2 rings (SSSR count). The molecule has 0 radical (unpaired) electrons. The Morgan fingerprint density at radius 2 is 2.50 bits per heavy atom. The van der Waals surface area contributed by atoms with Gasteiger partial charge >= 0.3 is 0 Å². The summed E-state index contributed by atoms with van der Waals surface area (Å²) in [5.74, 6) is 0.135. The Morgan fingerprint density at radius 3 is 3.06 bits per heavy atom. The van der Waals surface area contributed by atoms with Crippen molar-refractivity contribution in [3.8, 4) is 0 Å². The number of carbonyl (C=O) groups is 1. The van der Waals surface area contributed by atoms with Crippen LogP contribution in [0.15, 0.2) is 12.4 Å². The van der Waals surface area contributed by atoms with Gasteiger partial charge in [0, 0.05) is 43.4 Å². The molecule has 0 spiro atoms. The van der Waals surface area contributed by atoms with Gasteiger partial charge < -0.3 is 10.6 Å². The van der Waals surface area contributed by atoms with Crippen molar-refractivity contribution in [2.45, 2.75) is 38.9 Å². The summed E-state index contributed by atoms with van der Waals surface area (Å²) in [6, 6.07) is 0.651. The van der Waals surface area contributed by atoms with Gasteiger partial charge in [-0.2, -0.15) is 5.10 Å². The molecule has 1 aliphatic heterocycles. The lowest BCUT2D eigenvalue weighted by Gasteiger charge is -2.08. The van der Waals surface area contributed by atoms with Gasteiger partial charge in [-0.25, -0.2) is 0 Å². The summed E-state index contributed by atoms with van der Waals surface area (Å²) >= 11 is 0. The lowest BCUT2D eigenvalue weighted by molar-refractivity contribution is -0.119. The fourth-order valence-electron chi connectivity index (χ4n) is 1.76. The molecule has 1 aromatic heterocycles. The van der Waals surface area contributed by atoms with Crippen LogP contribution in [0.3, 0.4) is 0 Å². The zero-order valence-corrected chi connectivity index (χ0v) is 9.73. The Balaban J connectivity index is 1.83. The molecule has 16 heavy (non-hydrogen) atoms. The summed E-state index contributed by atoms with van der Waals surface area (Å²) in [6.07, 6.45) is 4.50. The summed E-state index contributed by atoms with van der Waals surface area (Å²) in [7, 11) is 0. The summed E-state index contributed by atoms with van der Waals surface area (Å²) < 4.78 is 1.94. The first-order chi connectivity index (χ1) is 7.65. The van der Waals surface area contributed by atoms with Gasteiger partial charge in [-0.15, -0.1) is 0 Å². The monoisotopic (exact) mass is 222 g/mol. The zero-order chi connectivity index (χ0) is 11.5. The van der Waals surface area contributed by atoms with Crippen LogP contribution >= 0.6 is 0 Å². The van der Waals surface area contributed by atoms with Gasteiger partial charge in [-0.05, 0) is 13.8 Å². The van der Waals surface area contributed by atoms with Crippen LogP contribution in [0.4, 0.5) is 0 Å². The first-order valence-corrected chi connectivity index (χ1v) is 5.68. The minimum absolute atomic E-state index is 0.135. The predicted molar refractivity (Wildman–Crippen MR) is 60.9 cm³/mol. The van der Waals surface area contributed by atoms with Crippen LogP contribution in [0.1, 0.15) is 31.9 Å². The van der Waals surface area contributed by atoms with E-state index in [-0.39, 0.29) is 11.9 Å². The smallest absolute Gasteiger partial charge is 0.221 e. The Bertz CT molecular complexity index is 372. The largest absolute Gasteiger partial charge is 0.354 e. The van der Waals surface area contributed by atoms with E-state index in [1.54, 1.807) is 0 Å². The standard InChI is InChI=1S/C11H18N4O/c1-8(2)15-7-9(5-14-15)4-12-10-3-11(16)13-6-10/h5,7-8,10,12H,3-4,6H2,1-2H3,(H,13,16). The van der Waals surface area contributed by atoms with E-state index in [0.717, 1.165) is 18.7 Å². The Kier molecular flexibility index (Phi) is 3.24. The maximum Gasteiger partial charge on any atom is 0.221 e. The second-order valence-corrected chi connectivity index (χ2v) is 4.51. The van der Waals surface area contributed by atoms with Crippen LogP contribution in [-0.2, 0) is 11.3 Å². The molecule has 1 aromatic rings. The number of nitrogens with one attached hydrogen (secondary N) is 2. The normalized spacial score (nSPS) is 20.4. The molecule has 1 atom stereocenters. The van der Waals surface area contributed by atoms with Gasteiger partial charge in [0.1, 0.15) is 0 Å². The molecule has 0 aliphatic carbocycles. The SMILES string of the molecule is CC(C)n1cc(CNC2CNC(=O)C2)cn1. The number of hydrogen-bond acceptors (Lipinski definition) is 3. The first-order valence-electron chi connectivity index (χ1n) is 5.68. The summed E-state index contributed by atoms with van der Waals surface area (Å²) in [5.41, 5.74) is 1.16. The molecule has 88 valence electrons. The average Bonchev–Trinajstić information content (AvgIpc) is 2.83. The van der Waals surface area contributed by atoms with Gasteiger partial charge in [0.2, 0.25) is 5.91 Å². The van der Waals surface area contributed by atoms with Crippen molar-refractivity contribution >= 4 is 5.91 Å². The highest BCUT2D eigenvalue weighted by Gasteiger charge is 2.20. The lowest BCUT2D eigenvalue weighted by atomic mass is 10.2. The molecule has 0 saturated carbocycles. The van der Waals surface area contributed by atoms with E-state index in [1.165, 1.54) is 0 Å². The molecule has 5 heteroatoms. The van der Waals surface area contributed by atoms with Crippen molar-refractivity contribution in [3.63, 3.8) is 0 Å². The molecule has 0 aromatic carbocycles. The number of aromatic nitrogens is 2. The predicted octanol–water partition coefficient (Wildman–Crippen LogP) is 0.442. The van der Waals surface area contributed by atoms with E-state index in [1.807, 2.05) is 17.1 Å². The molecule has 2 heterocycles. The third-order valence-corrected chi connectivity index (χ3v) is 2.76. The molecule has 1 aliphatic rings. The zero-order valence-electron chi connectivity index (χ0n) is 9.73. The van der Waals surface area contributed by atoms with Crippen molar-refractivity contribution in [1.82, 2.24) is 20.4 Å². The molecule has 1 saturated heterocycles. The van der Waals surface area contributed by atoms with Gasteiger partial charge in [0.05, 0.1) is 6.20 Å². The van der Waals surface area contributed by atoms with Crippen molar-refractivity contribution in [2.75, 3.05) is 6.54 Å². The van der Waals surface area contributed by atoms with Gasteiger partial charge in [0.15, 0.2) is 0 Å². The third-order valence-electron chi connectivity index (χ3n) is 2.76. The number of carbonyl (C=O) groups excluding carboxylic acids is 1. The number of rotatable bonds is 4. The van der Waals surface area contributed by atoms with Crippen molar-refractivity contribution in [1.29, 1.82) is 0 Å². The Hall–Kier alpha value is -1.36. The first kappa shape index (κ1) is 11.1. The molecule has 2 N–H and O–H groups in total. The van der Waals surface area contributed by atoms with Crippen molar-refractivity contribution < 1.29 is 4.79 Å². The van der Waals surface area contributed by atoms with E-state index in [4.69, 9.17) is 0 Å². The minimum Gasteiger partial charge on any atom is -0.354 e. The van der Waals surface area contributed by atoms with Crippen LogP contribution in [0.25, 0.3) is 0 Å². The molecular formula is C11H18N4O. The lowest BCUT2D eigenvalue weighted by Crippen LogP contribution is -2.30. The molecule has 0 bridgehead atoms. The maximum absolute atomic E-state index is 11.0. The molecule has 1 fully saturated rings. The number of hydrogen-bond donors (Lipinski definition) is 2. The summed E-state index contributed by atoms with van der Waals surface area (Å²) in [5, 5.41) is 10.4. The highest BCUT2D eigenvalue weighted by molar-refractivity contribution is 5.78. The second kappa shape index (κ2) is 4.65. The van der Waals surface area contributed by atoms with E-state index < -0.39 is 0 Å². The van der Waals surface area contributed by atoms with Crippen LogP contribution in [-0.4, -0.2) is 28.3 Å². The second-order valence-electron chi connectivity index (χ2n) is 4.51. The third kappa shape index (κ3) is 2.61. The van der Waals surface area contributed by atoms with E-state index in [2.05, 4.69) is 29.6 Å². The average molecular weight is 222 g/mol. The Labute approximate surface area is 95.2 Å². The van der Waals surface area contributed by atoms with E-state index >= 15 is 0 Å². The van der Waals surface area contributed by atoms with Gasteiger partial charge in [-0.3, -0.25) is 9.48 Å². The number of nitrogens with zero attached hydrogens (tertiary/aromatic N) is 2. The van der Waals surface area contributed by atoms with Crippen molar-refractivity contribution in [2.24, 2.45) is 0 Å². The Morgan fingerprint density at radius 1 is 1.69 bits per heavy atom. The van der Waals surface area contributed by atoms with Crippen molar-refractivity contribution in [3.05, 3.63) is 18.0 Å². The molecule has 1 unspecified atom stereocenters. The molecule has 5 nitrogen and oxygen atoms in total. The quantitative estimate of drug-likeness (QED) is 0.777. The van der Waals surface area contributed by atoms with Gasteiger partial charge in [-0.1, -0.05) is 0 Å². The molecule has 1 amide bonds. The van der Waals surface area contributed by atoms with Crippen LogP contribution in [0.2, 0.25) is 0 Å². The minimum atomic E-state index is 0.135. The fourth-order valence-corrected chi connectivity index (χ4v) is 1.76. The highest BCUT2D eigenvalue weighted by Crippen LogP contribution is 2.06. The molecular weight excluding hydrogens is 204 g/mol. The topological polar surface area (TPSA) is 59.0 Å². The van der Waals surface area contributed by atoms with E-state index in [0.29, 0.717) is 12.5 Å². The van der Waals surface area contributed by atoms with Crippen LogP contribution < -0.4 is 10.6 Å². The maximum atomic E-state index is 11.0. The van der Waals surface area contributed by atoms with E-state index in [9.17, 15) is 4.79 Å². The van der Waals surface area contributed by atoms with Crippen LogP contribution in [0.5, 0.6) is 0 Å². The van der Waals surface area contributed by atoms with Gasteiger partial charge in [0.25, 0.3) is 0 Å².